The van der Waals surface area contributed by atoms with Gasteiger partial charge in [0.15, 0.2) is 0 Å². The maximum absolute atomic E-state index is 4.08. The summed E-state index contributed by atoms with van der Waals surface area (Å²) >= 11 is 3.85. The minimum atomic E-state index is 0.986. The van der Waals surface area contributed by atoms with Crippen LogP contribution in [-0.4, -0.2) is 4.98 Å². The van der Waals surface area contributed by atoms with Gasteiger partial charge in [-0.15, -0.1) is 0 Å². The Balaban J connectivity index is 2.33. The highest BCUT2D eigenvalue weighted by atomic mass is 127. The molecule has 64 valence electrons. The minimum Gasteiger partial charge on any atom is -0.185 e. The smallest absolute Gasteiger partial charge is 0.142 e. The molecule has 0 atom stereocenters. The number of benzene rings is 1. The lowest BCUT2D eigenvalue weighted by Gasteiger charge is -1.97. The van der Waals surface area contributed by atoms with E-state index >= 15 is 0 Å². The fourth-order valence-corrected chi connectivity index (χ4v) is 2.07. The van der Waals surface area contributed by atoms with E-state index in [-0.39, 0.29) is 0 Å². The Morgan fingerprint density at radius 3 is 2.62 bits per heavy atom. The molecule has 0 fully saturated rings. The Kier molecular flexibility index (Phi) is 2.81. The van der Waals surface area contributed by atoms with E-state index in [1.165, 1.54) is 16.9 Å². The summed E-state index contributed by atoms with van der Waals surface area (Å²) in [5.74, 6) is 0. The Labute approximate surface area is 95.0 Å². The van der Waals surface area contributed by atoms with Gasteiger partial charge < -0.3 is 0 Å². The number of alkyl halides is 1. The van der Waals surface area contributed by atoms with Crippen LogP contribution in [0.4, 0.5) is 0 Å². The molecule has 13 heavy (non-hydrogen) atoms. The summed E-state index contributed by atoms with van der Waals surface area (Å²) in [7, 11) is 0. The topological polar surface area (TPSA) is 12.9 Å². The van der Waals surface area contributed by atoms with Crippen LogP contribution in [0.5, 0.6) is 0 Å². The summed E-state index contributed by atoms with van der Waals surface area (Å²) in [6, 6.07) is 8.44. The molecule has 0 bridgehead atoms. The maximum atomic E-state index is 4.08. The summed E-state index contributed by atoms with van der Waals surface area (Å²) in [5.41, 5.74) is 2.49. The standard InChI is InChI=1S/C10H6INS/c11-7-8-1-3-9(4-2-8)10-12-5-6-13-10/h1-4H,7H2. The van der Waals surface area contributed by atoms with Crippen LogP contribution in [0.1, 0.15) is 5.56 Å². The zero-order valence-corrected chi connectivity index (χ0v) is 9.72. The number of nitrogens with zero attached hydrogens (tertiary/aromatic N) is 1. The van der Waals surface area contributed by atoms with Gasteiger partial charge in [0, 0.05) is 15.4 Å². The average molecular weight is 299 g/mol. The number of hydrogen-bond donors (Lipinski definition) is 0. The van der Waals surface area contributed by atoms with E-state index < -0.39 is 0 Å². The van der Waals surface area contributed by atoms with E-state index in [9.17, 15) is 0 Å². The molecule has 0 radical (unpaired) electrons. The van der Waals surface area contributed by atoms with E-state index in [0.717, 1.165) is 15.0 Å². The first kappa shape index (κ1) is 8.97. The molecular weight excluding hydrogens is 293 g/mol. The van der Waals surface area contributed by atoms with Crippen molar-refractivity contribution in [1.29, 1.82) is 0 Å². The first-order valence-corrected chi connectivity index (χ1v) is 6.14. The average Bonchev–Trinajstić information content (AvgIpc) is 2.71. The van der Waals surface area contributed by atoms with E-state index in [0.29, 0.717) is 0 Å². The second-order valence-corrected chi connectivity index (χ2v) is 4.12. The second-order valence-electron chi connectivity index (χ2n) is 2.56. The SMILES string of the molecule is ICc1ccc(-c2nc#cs2)cc1. The molecule has 0 saturated carbocycles. The first-order valence-electron chi connectivity index (χ1n) is 3.80. The number of hydrogen-bond acceptors (Lipinski definition) is 2. The number of rotatable bonds is 2. The molecule has 3 heteroatoms. The number of halogens is 1. The Morgan fingerprint density at radius 2 is 2.08 bits per heavy atom. The van der Waals surface area contributed by atoms with Crippen molar-refractivity contribution in [2.24, 2.45) is 0 Å². The molecule has 2 aromatic rings. The molecule has 0 saturated heterocycles. The highest BCUT2D eigenvalue weighted by molar-refractivity contribution is 14.1. The molecule has 0 aliphatic carbocycles. The van der Waals surface area contributed by atoms with Gasteiger partial charge in [0.1, 0.15) is 5.01 Å². The maximum Gasteiger partial charge on any atom is 0.142 e. The molecule has 1 heterocycles. The van der Waals surface area contributed by atoms with E-state index in [2.05, 4.69) is 63.4 Å². The fraction of sp³-hybridized carbons (Fsp3) is 0.100. The van der Waals surface area contributed by atoms with Crippen LogP contribution in [0.3, 0.4) is 0 Å². The van der Waals surface area contributed by atoms with Crippen molar-refractivity contribution in [3.63, 3.8) is 0 Å². The molecule has 1 nitrogen and oxygen atoms in total. The van der Waals surface area contributed by atoms with E-state index in [1.807, 2.05) is 0 Å². The molecule has 0 aliphatic rings. The van der Waals surface area contributed by atoms with Crippen LogP contribution < -0.4 is 0 Å². The molecular formula is C10H6INS. The van der Waals surface area contributed by atoms with Crippen LogP contribution in [0.15, 0.2) is 24.3 Å². The normalized spacial score (nSPS) is 9.62. The third kappa shape index (κ3) is 2.01. The molecule has 0 N–H and O–H groups in total. The second kappa shape index (κ2) is 4.07. The fourth-order valence-electron chi connectivity index (χ4n) is 1.03. The van der Waals surface area contributed by atoms with Crippen molar-refractivity contribution in [3.8, 4) is 10.6 Å². The van der Waals surface area contributed by atoms with Crippen molar-refractivity contribution < 1.29 is 0 Å². The van der Waals surface area contributed by atoms with Gasteiger partial charge in [0.2, 0.25) is 0 Å². The van der Waals surface area contributed by atoms with Gasteiger partial charge in [-0.2, -0.15) is 4.98 Å². The Hall–Kier alpha value is -0.600. The molecule has 0 amide bonds. The molecule has 0 unspecified atom stereocenters. The third-order valence-corrected chi connectivity index (χ3v) is 3.30. The minimum absolute atomic E-state index is 0.986. The lowest BCUT2D eigenvalue weighted by Crippen LogP contribution is -1.78. The van der Waals surface area contributed by atoms with Gasteiger partial charge in [0.25, 0.3) is 0 Å². The summed E-state index contributed by atoms with van der Waals surface area (Å²) in [6.45, 7) is 0. The number of aromatic nitrogens is 1. The molecule has 1 aromatic heterocycles. The van der Waals surface area contributed by atoms with Gasteiger partial charge in [-0.3, -0.25) is 0 Å². The molecule has 2 rings (SSSR count). The quantitative estimate of drug-likeness (QED) is 0.612. The Bertz CT molecular complexity index is 366. The van der Waals surface area contributed by atoms with Crippen LogP contribution in [0.25, 0.3) is 10.6 Å². The lowest BCUT2D eigenvalue weighted by atomic mass is 10.2. The van der Waals surface area contributed by atoms with Crippen LogP contribution in [0, 0.1) is 11.6 Å². The summed E-state index contributed by atoms with van der Waals surface area (Å²) in [4.78, 5) is 4.08. The van der Waals surface area contributed by atoms with E-state index in [1.54, 1.807) is 0 Å². The van der Waals surface area contributed by atoms with Crippen LogP contribution in [0.2, 0.25) is 0 Å². The third-order valence-electron chi connectivity index (χ3n) is 1.71. The van der Waals surface area contributed by atoms with Gasteiger partial charge in [-0.1, -0.05) is 58.2 Å². The van der Waals surface area contributed by atoms with Gasteiger partial charge in [-0.05, 0) is 5.56 Å². The largest absolute Gasteiger partial charge is 0.185 e. The summed E-state index contributed by atoms with van der Waals surface area (Å²) < 4.78 is 1.05. The van der Waals surface area contributed by atoms with Gasteiger partial charge >= 0.3 is 0 Å². The summed E-state index contributed by atoms with van der Waals surface area (Å²) in [5, 5.41) is 3.85. The predicted octanol–water partition coefficient (Wildman–Crippen LogP) is 3.35. The van der Waals surface area contributed by atoms with Gasteiger partial charge in [0.05, 0.1) is 6.20 Å². The van der Waals surface area contributed by atoms with Crippen molar-refractivity contribution in [2.45, 2.75) is 4.43 Å². The molecule has 0 aliphatic heterocycles. The predicted molar refractivity (Wildman–Crippen MR) is 62.9 cm³/mol. The summed E-state index contributed by atoms with van der Waals surface area (Å²) in [6.07, 6.45) is 2.70. The van der Waals surface area contributed by atoms with Crippen molar-refractivity contribution in [1.82, 2.24) is 4.98 Å². The monoisotopic (exact) mass is 299 g/mol. The Morgan fingerprint density at radius 1 is 1.31 bits per heavy atom. The van der Waals surface area contributed by atoms with Crippen LogP contribution >= 0.6 is 33.9 Å². The van der Waals surface area contributed by atoms with Gasteiger partial charge in [-0.25, -0.2) is 0 Å². The van der Waals surface area contributed by atoms with E-state index in [4.69, 9.17) is 0 Å². The zero-order chi connectivity index (χ0) is 9.10. The molecule has 0 spiro atoms. The van der Waals surface area contributed by atoms with Crippen molar-refractivity contribution in [3.05, 3.63) is 41.4 Å². The van der Waals surface area contributed by atoms with Crippen molar-refractivity contribution >= 4 is 33.9 Å². The zero-order valence-electron chi connectivity index (χ0n) is 6.75. The molecule has 1 aromatic carbocycles. The first-order chi connectivity index (χ1) is 6.40. The highest BCUT2D eigenvalue weighted by Gasteiger charge is 1.98. The lowest BCUT2D eigenvalue weighted by molar-refractivity contribution is 1.40. The highest BCUT2D eigenvalue weighted by Crippen LogP contribution is 2.20. The van der Waals surface area contributed by atoms with Crippen molar-refractivity contribution in [2.75, 3.05) is 0 Å². The van der Waals surface area contributed by atoms with Crippen LogP contribution in [-0.2, 0) is 4.43 Å².